The third-order valence-electron chi connectivity index (χ3n) is 6.33. The highest BCUT2D eigenvalue weighted by atomic mass is 32.2. The fourth-order valence-corrected chi connectivity index (χ4v) is 5.75. The second-order valence-electron chi connectivity index (χ2n) is 8.50. The summed E-state index contributed by atoms with van der Waals surface area (Å²) in [7, 11) is -4.05. The van der Waals surface area contributed by atoms with Crippen molar-refractivity contribution in [3.63, 3.8) is 0 Å². The van der Waals surface area contributed by atoms with Crippen LogP contribution in [0, 0.1) is 27.7 Å². The summed E-state index contributed by atoms with van der Waals surface area (Å²) in [6.07, 6.45) is 0. The van der Waals surface area contributed by atoms with Crippen molar-refractivity contribution in [2.75, 3.05) is 16.2 Å². The zero-order chi connectivity index (χ0) is 24.5. The molecule has 0 saturated carbocycles. The molecule has 0 bridgehead atoms. The van der Waals surface area contributed by atoms with Gasteiger partial charge < -0.3 is 5.32 Å². The number of sulfonamides is 1. The van der Waals surface area contributed by atoms with Gasteiger partial charge in [0.2, 0.25) is 5.91 Å². The number of nitrogens with one attached hydrogen (secondary N) is 1. The van der Waals surface area contributed by atoms with Crippen LogP contribution >= 0.6 is 0 Å². The maximum atomic E-state index is 14.1. The minimum absolute atomic E-state index is 0.172. The van der Waals surface area contributed by atoms with Gasteiger partial charge in [-0.1, -0.05) is 60.7 Å². The van der Waals surface area contributed by atoms with Crippen LogP contribution in [0.5, 0.6) is 0 Å². The molecule has 0 aliphatic carbocycles. The molecule has 0 aliphatic rings. The number of nitrogens with zero attached hydrogens (tertiary/aromatic N) is 1. The Balaban J connectivity index is 1.81. The molecule has 0 fully saturated rings. The summed E-state index contributed by atoms with van der Waals surface area (Å²) in [6, 6.07) is 23.7. The Labute approximate surface area is 201 Å². The Morgan fingerprint density at radius 3 is 2.15 bits per heavy atom. The summed E-state index contributed by atoms with van der Waals surface area (Å²) in [6.45, 7) is 7.36. The van der Waals surface area contributed by atoms with E-state index in [2.05, 4.69) is 5.32 Å². The summed E-state index contributed by atoms with van der Waals surface area (Å²) in [5, 5.41) is 4.35. The van der Waals surface area contributed by atoms with E-state index >= 15 is 0 Å². The van der Waals surface area contributed by atoms with Gasteiger partial charge in [-0.3, -0.25) is 9.10 Å². The van der Waals surface area contributed by atoms with Gasteiger partial charge in [0, 0.05) is 11.1 Å². The Kier molecular flexibility index (Phi) is 6.44. The summed E-state index contributed by atoms with van der Waals surface area (Å²) in [4.78, 5) is 13.4. The average molecular weight is 473 g/mol. The van der Waals surface area contributed by atoms with Crippen molar-refractivity contribution < 1.29 is 13.2 Å². The molecular formula is C28H28N2O3S. The lowest BCUT2D eigenvalue weighted by atomic mass is 10.1. The summed E-state index contributed by atoms with van der Waals surface area (Å²) in [5.41, 5.74) is 4.92. The van der Waals surface area contributed by atoms with E-state index in [0.717, 1.165) is 27.6 Å². The molecular weight excluding hydrogens is 444 g/mol. The Morgan fingerprint density at radius 1 is 0.765 bits per heavy atom. The topological polar surface area (TPSA) is 66.5 Å². The first kappa shape index (κ1) is 23.5. The molecule has 174 valence electrons. The van der Waals surface area contributed by atoms with E-state index in [1.807, 2.05) is 82.3 Å². The van der Waals surface area contributed by atoms with Gasteiger partial charge in [0.15, 0.2) is 0 Å². The molecule has 0 unspecified atom stereocenters. The molecule has 0 aliphatic heterocycles. The van der Waals surface area contributed by atoms with Crippen LogP contribution < -0.4 is 9.62 Å². The number of rotatable bonds is 6. The molecule has 0 radical (unpaired) electrons. The van der Waals surface area contributed by atoms with Gasteiger partial charge in [-0.15, -0.1) is 0 Å². The Morgan fingerprint density at radius 2 is 1.38 bits per heavy atom. The van der Waals surface area contributed by atoms with Crippen LogP contribution in [0.4, 0.5) is 11.4 Å². The third-order valence-corrected chi connectivity index (χ3v) is 8.15. The smallest absolute Gasteiger partial charge is 0.265 e. The number of fused-ring (bicyclic) bond motifs is 1. The molecule has 4 aromatic rings. The Bertz CT molecular complexity index is 1490. The number of anilines is 2. The molecule has 6 heteroatoms. The van der Waals surface area contributed by atoms with Gasteiger partial charge in [0.1, 0.15) is 6.54 Å². The number of amides is 1. The normalized spacial score (nSPS) is 11.4. The van der Waals surface area contributed by atoms with Crippen molar-refractivity contribution in [2.24, 2.45) is 0 Å². The van der Waals surface area contributed by atoms with Gasteiger partial charge >= 0.3 is 0 Å². The number of aryl methyl sites for hydroxylation is 2. The van der Waals surface area contributed by atoms with Crippen molar-refractivity contribution in [1.29, 1.82) is 0 Å². The number of carbonyl (C=O) groups excluding carboxylic acids is 1. The molecule has 0 spiro atoms. The van der Waals surface area contributed by atoms with Crippen LogP contribution in [0.25, 0.3) is 10.8 Å². The highest BCUT2D eigenvalue weighted by molar-refractivity contribution is 7.93. The summed E-state index contributed by atoms with van der Waals surface area (Å²) in [5.74, 6) is -0.404. The molecule has 0 saturated heterocycles. The molecule has 0 atom stereocenters. The van der Waals surface area contributed by atoms with Crippen molar-refractivity contribution in [2.45, 2.75) is 32.6 Å². The van der Waals surface area contributed by atoms with E-state index in [9.17, 15) is 13.2 Å². The molecule has 4 aromatic carbocycles. The zero-order valence-corrected chi connectivity index (χ0v) is 20.6. The zero-order valence-electron chi connectivity index (χ0n) is 19.8. The van der Waals surface area contributed by atoms with E-state index in [-0.39, 0.29) is 11.4 Å². The van der Waals surface area contributed by atoms with Crippen molar-refractivity contribution >= 4 is 38.1 Å². The molecule has 0 heterocycles. The maximum Gasteiger partial charge on any atom is 0.265 e. The van der Waals surface area contributed by atoms with Crippen LogP contribution in [-0.2, 0) is 14.8 Å². The van der Waals surface area contributed by atoms with Crippen molar-refractivity contribution in [3.05, 3.63) is 101 Å². The lowest BCUT2D eigenvalue weighted by Gasteiger charge is -2.27. The van der Waals surface area contributed by atoms with E-state index in [1.54, 1.807) is 24.3 Å². The minimum Gasteiger partial charge on any atom is -0.324 e. The highest BCUT2D eigenvalue weighted by Crippen LogP contribution is 2.32. The van der Waals surface area contributed by atoms with Crippen LogP contribution in [0.3, 0.4) is 0 Å². The SMILES string of the molecule is Cc1cccc(NC(=O)CN(c2cccc(C)c2C)S(=O)(=O)c2cccc3ccccc23)c1C. The molecule has 5 nitrogen and oxygen atoms in total. The number of benzene rings is 4. The first-order chi connectivity index (χ1) is 16.2. The van der Waals surface area contributed by atoms with Crippen LogP contribution in [0.2, 0.25) is 0 Å². The first-order valence-corrected chi connectivity index (χ1v) is 12.6. The molecule has 1 amide bonds. The van der Waals surface area contributed by atoms with Crippen LogP contribution in [0.15, 0.2) is 83.8 Å². The standard InChI is InChI=1S/C28H28N2O3S/c1-19-10-7-15-25(21(19)3)29-28(31)18-30(26-16-8-11-20(2)22(26)4)34(32,33)27-17-9-13-23-12-5-6-14-24(23)27/h5-17H,18H2,1-4H3,(H,29,31). The molecule has 4 rings (SSSR count). The second-order valence-corrected chi connectivity index (χ2v) is 10.3. The van der Waals surface area contributed by atoms with Gasteiger partial charge in [-0.05, 0) is 73.5 Å². The number of hydrogen-bond acceptors (Lipinski definition) is 3. The van der Waals surface area contributed by atoms with Gasteiger partial charge in [-0.2, -0.15) is 0 Å². The van der Waals surface area contributed by atoms with E-state index < -0.39 is 15.9 Å². The predicted octanol–water partition coefficient (Wildman–Crippen LogP) is 5.91. The monoisotopic (exact) mass is 472 g/mol. The van der Waals surface area contributed by atoms with Gasteiger partial charge in [-0.25, -0.2) is 8.42 Å². The molecule has 1 N–H and O–H groups in total. The lowest BCUT2D eigenvalue weighted by Crippen LogP contribution is -2.38. The lowest BCUT2D eigenvalue weighted by molar-refractivity contribution is -0.114. The predicted molar refractivity (Wildman–Crippen MR) is 139 cm³/mol. The van der Waals surface area contributed by atoms with Gasteiger partial charge in [0.25, 0.3) is 10.0 Å². The fraction of sp³-hybridized carbons (Fsp3) is 0.179. The number of hydrogen-bond donors (Lipinski definition) is 1. The first-order valence-electron chi connectivity index (χ1n) is 11.1. The molecule has 34 heavy (non-hydrogen) atoms. The summed E-state index contributed by atoms with van der Waals surface area (Å²) >= 11 is 0. The maximum absolute atomic E-state index is 14.1. The molecule has 0 aromatic heterocycles. The largest absolute Gasteiger partial charge is 0.324 e. The van der Waals surface area contributed by atoms with E-state index in [0.29, 0.717) is 16.8 Å². The quantitative estimate of drug-likeness (QED) is 0.379. The van der Waals surface area contributed by atoms with Gasteiger partial charge in [0.05, 0.1) is 10.6 Å². The average Bonchev–Trinajstić information content (AvgIpc) is 2.82. The van der Waals surface area contributed by atoms with E-state index in [4.69, 9.17) is 0 Å². The fourth-order valence-electron chi connectivity index (χ4n) is 4.05. The van der Waals surface area contributed by atoms with Crippen molar-refractivity contribution in [1.82, 2.24) is 0 Å². The number of carbonyl (C=O) groups is 1. The Hall–Kier alpha value is -3.64. The van der Waals surface area contributed by atoms with Crippen molar-refractivity contribution in [3.8, 4) is 0 Å². The third kappa shape index (κ3) is 4.41. The highest BCUT2D eigenvalue weighted by Gasteiger charge is 2.30. The second kappa shape index (κ2) is 9.31. The summed E-state index contributed by atoms with van der Waals surface area (Å²) < 4.78 is 29.4. The minimum atomic E-state index is -4.05. The van der Waals surface area contributed by atoms with E-state index in [1.165, 1.54) is 4.31 Å². The van der Waals surface area contributed by atoms with Crippen LogP contribution in [0.1, 0.15) is 22.3 Å². The van der Waals surface area contributed by atoms with Crippen LogP contribution in [-0.4, -0.2) is 20.9 Å².